The molecule has 3 aromatic rings. The van der Waals surface area contributed by atoms with Gasteiger partial charge in [0.2, 0.25) is 0 Å². The smallest absolute Gasteiger partial charge is 0.306 e. The van der Waals surface area contributed by atoms with Crippen LogP contribution in [0.2, 0.25) is 0 Å². The van der Waals surface area contributed by atoms with Crippen LogP contribution in [-0.4, -0.2) is 30.6 Å². The third-order valence-corrected chi connectivity index (χ3v) is 8.23. The molecule has 0 bridgehead atoms. The van der Waals surface area contributed by atoms with Crippen molar-refractivity contribution in [3.8, 4) is 22.6 Å². The van der Waals surface area contributed by atoms with Crippen LogP contribution in [0, 0.1) is 17.2 Å². The Kier molecular flexibility index (Phi) is 7.41. The van der Waals surface area contributed by atoms with Crippen molar-refractivity contribution in [2.45, 2.75) is 46.1 Å². The van der Waals surface area contributed by atoms with E-state index in [0.29, 0.717) is 28.2 Å². The number of methoxy groups -OCH3 is 1. The molecule has 3 aromatic carbocycles. The van der Waals surface area contributed by atoms with E-state index < -0.39 is 11.9 Å². The number of hydrogen-bond acceptors (Lipinski definition) is 4. The Hall–Kier alpha value is -4.13. The number of hydrogen-bond donors (Lipinski definition) is 2. The van der Waals surface area contributed by atoms with E-state index in [-0.39, 0.29) is 36.2 Å². The van der Waals surface area contributed by atoms with Crippen LogP contribution >= 0.6 is 0 Å². The summed E-state index contributed by atoms with van der Waals surface area (Å²) in [5.41, 5.74) is 5.43. The fourth-order valence-electron chi connectivity index (χ4n) is 5.78. The molecule has 208 valence electrons. The largest absolute Gasteiger partial charge is 0.497 e. The minimum atomic E-state index is -0.914. The molecule has 1 aliphatic heterocycles. The molecule has 1 heterocycles. The number of carboxylic acids is 1. The minimum Gasteiger partial charge on any atom is -0.497 e. The summed E-state index contributed by atoms with van der Waals surface area (Å²) in [4.78, 5) is 24.1. The van der Waals surface area contributed by atoms with Gasteiger partial charge in [0.1, 0.15) is 23.9 Å². The molecule has 0 spiro atoms. The topological polar surface area (TPSA) is 84.9 Å². The van der Waals surface area contributed by atoms with E-state index in [9.17, 15) is 14.7 Å². The van der Waals surface area contributed by atoms with Crippen LogP contribution in [0.15, 0.2) is 60.7 Å². The van der Waals surface area contributed by atoms with E-state index in [4.69, 9.17) is 9.47 Å². The van der Waals surface area contributed by atoms with Crippen LogP contribution in [0.4, 0.5) is 4.39 Å². The second-order valence-corrected chi connectivity index (χ2v) is 11.2. The Morgan fingerprint density at radius 1 is 1.05 bits per heavy atom. The highest BCUT2D eigenvalue weighted by atomic mass is 19.1. The predicted molar refractivity (Wildman–Crippen MR) is 152 cm³/mol. The fraction of sp³-hybridized carbons (Fsp3) is 0.333. The van der Waals surface area contributed by atoms with Crippen molar-refractivity contribution >= 4 is 17.4 Å². The Morgan fingerprint density at radius 3 is 2.50 bits per heavy atom. The highest BCUT2D eigenvalue weighted by Crippen LogP contribution is 2.47. The Labute approximate surface area is 233 Å². The van der Waals surface area contributed by atoms with Crippen LogP contribution in [0.1, 0.15) is 66.6 Å². The molecule has 1 aliphatic carbocycles. The molecule has 0 saturated carbocycles. The van der Waals surface area contributed by atoms with Gasteiger partial charge in [-0.15, -0.1) is 0 Å². The Balaban J connectivity index is 1.48. The van der Waals surface area contributed by atoms with Gasteiger partial charge in [-0.3, -0.25) is 9.59 Å². The molecule has 40 heavy (non-hydrogen) atoms. The zero-order valence-electron chi connectivity index (χ0n) is 23.2. The molecule has 2 atom stereocenters. The van der Waals surface area contributed by atoms with Crippen LogP contribution < -0.4 is 14.8 Å². The maximum Gasteiger partial charge on any atom is 0.306 e. The molecule has 2 aliphatic rings. The second kappa shape index (κ2) is 10.8. The summed E-state index contributed by atoms with van der Waals surface area (Å²) >= 11 is 0. The van der Waals surface area contributed by atoms with Crippen LogP contribution in [0.3, 0.4) is 0 Å². The van der Waals surface area contributed by atoms with Crippen molar-refractivity contribution in [1.29, 1.82) is 0 Å². The van der Waals surface area contributed by atoms with Crippen LogP contribution in [0.25, 0.3) is 16.7 Å². The van der Waals surface area contributed by atoms with Gasteiger partial charge >= 0.3 is 5.97 Å². The monoisotopic (exact) mass is 543 g/mol. The van der Waals surface area contributed by atoms with E-state index in [2.05, 4.69) is 31.3 Å². The van der Waals surface area contributed by atoms with E-state index in [1.807, 2.05) is 12.1 Å². The maximum absolute atomic E-state index is 15.1. The molecule has 7 heteroatoms. The van der Waals surface area contributed by atoms with Crippen molar-refractivity contribution in [2.75, 3.05) is 13.7 Å². The average molecular weight is 544 g/mol. The average Bonchev–Trinajstić information content (AvgIpc) is 3.30. The van der Waals surface area contributed by atoms with Gasteiger partial charge in [-0.05, 0) is 88.5 Å². The summed E-state index contributed by atoms with van der Waals surface area (Å²) in [5, 5.41) is 12.4. The summed E-state index contributed by atoms with van der Waals surface area (Å²) in [7, 11) is 1.57. The standard InChI is InChI=1S/C33H34FNO5/c1-19(32(37)38)28-17-35-31(36)24-11-8-22(16-25(24)28)40-18-20-7-10-23(27-15-21(39-4)9-12-30(27)34)26(14-20)29-6-5-13-33(29,2)3/h6-12,14-16,19,28H,5,13,17-18H2,1-4H3,(H,35,36)(H,37,38)/t19-,28?/m0/s1. The lowest BCUT2D eigenvalue weighted by Gasteiger charge is -2.29. The fourth-order valence-corrected chi connectivity index (χ4v) is 5.78. The van der Waals surface area contributed by atoms with Crippen molar-refractivity contribution in [3.63, 3.8) is 0 Å². The molecular weight excluding hydrogens is 509 g/mol. The summed E-state index contributed by atoms with van der Waals surface area (Å²) in [5.74, 6) is -1.31. The molecule has 0 saturated heterocycles. The molecule has 5 rings (SSSR count). The lowest BCUT2D eigenvalue weighted by Crippen LogP contribution is -2.39. The number of carboxylic acid groups (broad SMARTS) is 1. The number of aliphatic carboxylic acids is 1. The number of fused-ring (bicyclic) bond motifs is 1. The van der Waals surface area contributed by atoms with Gasteiger partial charge < -0.3 is 19.9 Å². The normalized spacial score (nSPS) is 18.4. The molecule has 1 unspecified atom stereocenters. The second-order valence-electron chi connectivity index (χ2n) is 11.2. The lowest BCUT2D eigenvalue weighted by molar-refractivity contribution is -0.141. The number of benzene rings is 3. The van der Waals surface area contributed by atoms with Crippen LogP contribution in [0.5, 0.6) is 11.5 Å². The van der Waals surface area contributed by atoms with Crippen molar-refractivity contribution < 1.29 is 28.6 Å². The summed E-state index contributed by atoms with van der Waals surface area (Å²) in [6.07, 6.45) is 4.21. The number of allylic oxidation sites excluding steroid dienone is 2. The summed E-state index contributed by atoms with van der Waals surface area (Å²) in [6.45, 7) is 6.58. The highest BCUT2D eigenvalue weighted by Gasteiger charge is 2.33. The molecule has 0 aromatic heterocycles. The van der Waals surface area contributed by atoms with Crippen molar-refractivity contribution in [3.05, 3.63) is 88.7 Å². The van der Waals surface area contributed by atoms with E-state index in [0.717, 1.165) is 29.5 Å². The van der Waals surface area contributed by atoms with E-state index >= 15 is 4.39 Å². The first-order valence-corrected chi connectivity index (χ1v) is 13.5. The molecule has 0 fully saturated rings. The third-order valence-electron chi connectivity index (χ3n) is 8.23. The first-order valence-electron chi connectivity index (χ1n) is 13.5. The molecule has 6 nitrogen and oxygen atoms in total. The van der Waals surface area contributed by atoms with Gasteiger partial charge in [-0.1, -0.05) is 39.0 Å². The summed E-state index contributed by atoms with van der Waals surface area (Å²) < 4.78 is 26.6. The number of rotatable bonds is 8. The summed E-state index contributed by atoms with van der Waals surface area (Å²) in [6, 6.07) is 15.9. The Morgan fingerprint density at radius 2 is 1.80 bits per heavy atom. The number of nitrogens with one attached hydrogen (secondary N) is 1. The highest BCUT2D eigenvalue weighted by molar-refractivity contribution is 5.97. The van der Waals surface area contributed by atoms with Gasteiger partial charge in [0.15, 0.2) is 0 Å². The Bertz CT molecular complexity index is 1510. The zero-order valence-corrected chi connectivity index (χ0v) is 23.2. The van der Waals surface area contributed by atoms with Crippen molar-refractivity contribution in [2.24, 2.45) is 11.3 Å². The van der Waals surface area contributed by atoms with Gasteiger partial charge in [0, 0.05) is 23.6 Å². The van der Waals surface area contributed by atoms with Crippen molar-refractivity contribution in [1.82, 2.24) is 5.32 Å². The quantitative estimate of drug-likeness (QED) is 0.325. The predicted octanol–water partition coefficient (Wildman–Crippen LogP) is 6.83. The number of carbonyl (C=O) groups is 2. The number of carbonyl (C=O) groups excluding carboxylic acids is 1. The van der Waals surface area contributed by atoms with Crippen LogP contribution in [-0.2, 0) is 11.4 Å². The van der Waals surface area contributed by atoms with Gasteiger partial charge in [0.25, 0.3) is 5.91 Å². The molecular formula is C33H34FNO5. The third kappa shape index (κ3) is 5.20. The molecule has 0 radical (unpaired) electrons. The SMILES string of the molecule is COc1ccc(F)c(-c2ccc(COc3ccc4c(c3)C([C@H](C)C(=O)O)CNC4=O)cc2C2=CCCC2(C)C)c1. The van der Waals surface area contributed by atoms with Gasteiger partial charge in [0.05, 0.1) is 13.0 Å². The number of halogens is 1. The number of amides is 1. The number of ether oxygens (including phenoxy) is 2. The van der Waals surface area contributed by atoms with E-state index in [1.165, 1.54) is 11.6 Å². The first-order chi connectivity index (χ1) is 19.1. The lowest BCUT2D eigenvalue weighted by atomic mass is 9.79. The molecule has 1 amide bonds. The van der Waals surface area contributed by atoms with Gasteiger partial charge in [-0.2, -0.15) is 0 Å². The van der Waals surface area contributed by atoms with E-state index in [1.54, 1.807) is 44.4 Å². The van der Waals surface area contributed by atoms with Gasteiger partial charge in [-0.25, -0.2) is 4.39 Å². The zero-order chi connectivity index (χ0) is 28.6. The molecule has 2 N–H and O–H groups in total. The minimum absolute atomic E-state index is 0.0571. The first kappa shape index (κ1) is 27.4. The maximum atomic E-state index is 15.1.